The SMILES string of the molecule is CCOc1ccc(-n2c(CNC(=O)c3ccco3)nnc2SCC(=O)N2N=C(c3ccc(OC)cc3)C[C@@H]2c2cccc(OC)c2OC)cc1. The Morgan fingerprint density at radius 3 is 2.38 bits per heavy atom. The monoisotopic (exact) mass is 696 g/mol. The molecular weight excluding hydrogens is 660 g/mol. The second kappa shape index (κ2) is 15.6. The van der Waals surface area contributed by atoms with Gasteiger partial charge in [0.1, 0.15) is 11.5 Å². The van der Waals surface area contributed by atoms with E-state index in [4.69, 9.17) is 28.5 Å². The number of hydrogen-bond donors (Lipinski definition) is 1. The van der Waals surface area contributed by atoms with Gasteiger partial charge < -0.3 is 28.7 Å². The molecule has 0 saturated carbocycles. The number of methoxy groups -OCH3 is 3. The molecule has 5 aromatic rings. The third kappa shape index (κ3) is 7.29. The average Bonchev–Trinajstić information content (AvgIpc) is 3.94. The summed E-state index contributed by atoms with van der Waals surface area (Å²) in [5.74, 6) is 2.52. The van der Waals surface area contributed by atoms with Crippen molar-refractivity contribution in [3.05, 3.63) is 108 Å². The molecule has 50 heavy (non-hydrogen) atoms. The second-order valence-electron chi connectivity index (χ2n) is 10.9. The third-order valence-corrected chi connectivity index (χ3v) is 8.88. The lowest BCUT2D eigenvalue weighted by molar-refractivity contribution is -0.130. The third-order valence-electron chi connectivity index (χ3n) is 7.96. The van der Waals surface area contributed by atoms with Crippen LogP contribution in [-0.4, -0.2) is 71.0 Å². The van der Waals surface area contributed by atoms with Gasteiger partial charge in [-0.25, -0.2) is 5.01 Å². The lowest BCUT2D eigenvalue weighted by Gasteiger charge is -2.24. The van der Waals surface area contributed by atoms with Gasteiger partial charge in [-0.05, 0) is 79.2 Å². The molecule has 0 unspecified atom stereocenters. The maximum atomic E-state index is 14.1. The molecule has 0 aliphatic carbocycles. The predicted molar refractivity (Wildman–Crippen MR) is 186 cm³/mol. The largest absolute Gasteiger partial charge is 0.497 e. The van der Waals surface area contributed by atoms with Crippen molar-refractivity contribution in [3.63, 3.8) is 0 Å². The Hall–Kier alpha value is -5.76. The molecule has 0 radical (unpaired) electrons. The number of ether oxygens (including phenoxy) is 4. The number of hydrazone groups is 1. The summed E-state index contributed by atoms with van der Waals surface area (Å²) in [6.45, 7) is 2.51. The van der Waals surface area contributed by atoms with Gasteiger partial charge in [0.15, 0.2) is 28.2 Å². The first-order valence-electron chi connectivity index (χ1n) is 15.8. The number of carbonyl (C=O) groups excluding carboxylic acids is 2. The number of nitrogens with zero attached hydrogens (tertiary/aromatic N) is 5. The van der Waals surface area contributed by atoms with Gasteiger partial charge in [-0.2, -0.15) is 5.10 Å². The molecule has 258 valence electrons. The Morgan fingerprint density at radius 2 is 1.70 bits per heavy atom. The van der Waals surface area contributed by atoms with E-state index in [1.165, 1.54) is 23.0 Å². The minimum atomic E-state index is -0.457. The molecule has 1 aliphatic rings. The van der Waals surface area contributed by atoms with Gasteiger partial charge in [0, 0.05) is 17.7 Å². The Kier molecular flexibility index (Phi) is 10.7. The molecule has 13 nitrogen and oxygen atoms in total. The molecule has 0 bridgehead atoms. The highest BCUT2D eigenvalue weighted by atomic mass is 32.2. The lowest BCUT2D eigenvalue weighted by atomic mass is 9.97. The molecule has 6 rings (SSSR count). The Labute approximate surface area is 293 Å². The number of benzene rings is 3. The van der Waals surface area contributed by atoms with Gasteiger partial charge in [-0.3, -0.25) is 14.2 Å². The highest BCUT2D eigenvalue weighted by Crippen LogP contribution is 2.42. The summed E-state index contributed by atoms with van der Waals surface area (Å²) in [4.78, 5) is 26.8. The number of rotatable bonds is 14. The Balaban J connectivity index is 1.29. The first-order valence-corrected chi connectivity index (χ1v) is 16.8. The number of para-hydroxylation sites is 1. The van der Waals surface area contributed by atoms with Crippen LogP contribution in [0.1, 0.15) is 46.9 Å². The highest BCUT2D eigenvalue weighted by Gasteiger charge is 2.36. The molecule has 2 aromatic heterocycles. The topological polar surface area (TPSA) is 143 Å². The number of carbonyl (C=O) groups is 2. The zero-order valence-electron chi connectivity index (χ0n) is 28.0. The van der Waals surface area contributed by atoms with Crippen molar-refractivity contribution in [2.45, 2.75) is 31.1 Å². The molecule has 2 amide bonds. The minimum Gasteiger partial charge on any atom is -0.497 e. The molecule has 0 spiro atoms. The highest BCUT2D eigenvalue weighted by molar-refractivity contribution is 7.99. The fraction of sp³-hybridized carbons (Fsp3) is 0.250. The van der Waals surface area contributed by atoms with Crippen molar-refractivity contribution in [2.75, 3.05) is 33.7 Å². The molecule has 14 heteroatoms. The van der Waals surface area contributed by atoms with Gasteiger partial charge in [0.05, 0.1) is 58.3 Å². The summed E-state index contributed by atoms with van der Waals surface area (Å²) >= 11 is 1.21. The van der Waals surface area contributed by atoms with Crippen LogP contribution in [0.2, 0.25) is 0 Å². The second-order valence-corrected chi connectivity index (χ2v) is 11.9. The number of aromatic nitrogens is 3. The quantitative estimate of drug-likeness (QED) is 0.144. The van der Waals surface area contributed by atoms with E-state index in [0.717, 1.165) is 28.3 Å². The maximum absolute atomic E-state index is 14.1. The normalized spacial score (nSPS) is 13.9. The van der Waals surface area contributed by atoms with Crippen molar-refractivity contribution in [3.8, 4) is 28.7 Å². The van der Waals surface area contributed by atoms with Gasteiger partial charge in [-0.15, -0.1) is 10.2 Å². The van der Waals surface area contributed by atoms with Crippen molar-refractivity contribution < 1.29 is 33.0 Å². The van der Waals surface area contributed by atoms with E-state index < -0.39 is 6.04 Å². The maximum Gasteiger partial charge on any atom is 0.287 e. The van der Waals surface area contributed by atoms with Gasteiger partial charge >= 0.3 is 0 Å². The minimum absolute atomic E-state index is 0.00388. The fourth-order valence-corrected chi connectivity index (χ4v) is 6.41. The summed E-state index contributed by atoms with van der Waals surface area (Å²) in [6, 6.07) is 23.4. The summed E-state index contributed by atoms with van der Waals surface area (Å²) in [7, 11) is 4.76. The van der Waals surface area contributed by atoms with Crippen LogP contribution in [0.5, 0.6) is 23.0 Å². The first-order chi connectivity index (χ1) is 24.4. The zero-order valence-corrected chi connectivity index (χ0v) is 28.8. The number of furan rings is 1. The molecule has 1 atom stereocenters. The zero-order chi connectivity index (χ0) is 35.0. The van der Waals surface area contributed by atoms with Crippen LogP contribution in [0.15, 0.2) is 99.8 Å². The Morgan fingerprint density at radius 1 is 0.920 bits per heavy atom. The number of hydrogen-bond acceptors (Lipinski definition) is 11. The van der Waals surface area contributed by atoms with Crippen LogP contribution in [0.25, 0.3) is 5.69 Å². The predicted octanol–water partition coefficient (Wildman–Crippen LogP) is 5.68. The van der Waals surface area contributed by atoms with Gasteiger partial charge in [0.2, 0.25) is 0 Å². The molecule has 0 fully saturated rings. The van der Waals surface area contributed by atoms with E-state index in [2.05, 4.69) is 15.5 Å². The molecule has 1 N–H and O–H groups in total. The van der Waals surface area contributed by atoms with Crippen molar-refractivity contribution in [1.29, 1.82) is 0 Å². The van der Waals surface area contributed by atoms with E-state index in [9.17, 15) is 9.59 Å². The van der Waals surface area contributed by atoms with Crippen LogP contribution >= 0.6 is 11.8 Å². The van der Waals surface area contributed by atoms with Crippen LogP contribution in [0.3, 0.4) is 0 Å². The molecule has 1 aliphatic heterocycles. The number of amides is 2. The summed E-state index contributed by atoms with van der Waals surface area (Å²) in [5.41, 5.74) is 3.12. The van der Waals surface area contributed by atoms with Crippen LogP contribution in [0, 0.1) is 0 Å². The van der Waals surface area contributed by atoms with E-state index in [1.807, 2.05) is 73.7 Å². The average molecular weight is 697 g/mol. The van der Waals surface area contributed by atoms with E-state index in [0.29, 0.717) is 41.3 Å². The van der Waals surface area contributed by atoms with E-state index in [1.54, 1.807) is 38.0 Å². The standard InChI is InChI=1S/C36H36N6O7S/c1-5-48-26-17-13-24(14-18-26)41-32(21-37-35(44)31-10-7-19-49-31)38-39-36(41)50-22-33(43)42-29(27-8-6-9-30(46-3)34(27)47-4)20-28(40-42)23-11-15-25(45-2)16-12-23/h6-19,29H,5,20-22H2,1-4H3,(H,37,44)/t29-/m1/s1. The Bertz CT molecular complexity index is 1960. The van der Waals surface area contributed by atoms with Gasteiger partial charge in [0.25, 0.3) is 11.8 Å². The molecule has 3 heterocycles. The molecule has 3 aromatic carbocycles. The smallest absolute Gasteiger partial charge is 0.287 e. The molecule has 0 saturated heterocycles. The van der Waals surface area contributed by atoms with Crippen LogP contribution < -0.4 is 24.3 Å². The fourth-order valence-electron chi connectivity index (χ4n) is 5.59. The van der Waals surface area contributed by atoms with Crippen molar-refractivity contribution in [2.24, 2.45) is 5.10 Å². The summed E-state index contributed by atoms with van der Waals surface area (Å²) in [5, 5.41) is 18.4. The number of nitrogens with one attached hydrogen (secondary N) is 1. The van der Waals surface area contributed by atoms with Crippen molar-refractivity contribution >= 4 is 29.3 Å². The summed E-state index contributed by atoms with van der Waals surface area (Å²) < 4.78 is 29.3. The van der Waals surface area contributed by atoms with E-state index >= 15 is 0 Å². The first kappa shape index (κ1) is 34.1. The van der Waals surface area contributed by atoms with Crippen LogP contribution in [0.4, 0.5) is 0 Å². The van der Waals surface area contributed by atoms with Crippen LogP contribution in [-0.2, 0) is 11.3 Å². The lowest BCUT2D eigenvalue weighted by Crippen LogP contribution is -2.29. The molecular formula is C36H36N6O7S. The summed E-state index contributed by atoms with van der Waals surface area (Å²) in [6.07, 6.45) is 1.89. The van der Waals surface area contributed by atoms with E-state index in [-0.39, 0.29) is 29.9 Å². The van der Waals surface area contributed by atoms with Gasteiger partial charge in [-0.1, -0.05) is 23.9 Å². The van der Waals surface area contributed by atoms with Crippen molar-refractivity contribution in [1.82, 2.24) is 25.1 Å². The number of thioether (sulfide) groups is 1.